The minimum absolute atomic E-state index is 0.0711. The van der Waals surface area contributed by atoms with Gasteiger partial charge in [-0.05, 0) is 6.08 Å². The van der Waals surface area contributed by atoms with Crippen LogP contribution in [0.2, 0.25) is 0 Å². The summed E-state index contributed by atoms with van der Waals surface area (Å²) in [5, 5.41) is 0. The Labute approximate surface area is 101 Å². The molecule has 1 saturated heterocycles. The largest absolute Gasteiger partial charge is 0.348 e. The Kier molecular flexibility index (Phi) is 3.66. The highest BCUT2D eigenvalue weighted by molar-refractivity contribution is 5.76. The van der Waals surface area contributed by atoms with Crippen LogP contribution >= 0.6 is 0 Å². The van der Waals surface area contributed by atoms with E-state index < -0.39 is 0 Å². The van der Waals surface area contributed by atoms with Crippen molar-refractivity contribution >= 4 is 12.4 Å². The van der Waals surface area contributed by atoms with E-state index in [1.54, 1.807) is 22.3 Å². The number of rotatable bonds is 2. The van der Waals surface area contributed by atoms with Crippen LogP contribution in [0.15, 0.2) is 17.3 Å². The molecule has 0 aliphatic carbocycles. The molecule has 17 heavy (non-hydrogen) atoms. The molecule has 0 saturated carbocycles. The fourth-order valence-corrected chi connectivity index (χ4v) is 1.69. The number of nitrogens with zero attached hydrogens (tertiary/aromatic N) is 4. The van der Waals surface area contributed by atoms with Crippen LogP contribution in [0.5, 0.6) is 0 Å². The molecule has 2 aliphatic heterocycles. The maximum Gasteiger partial charge on any atom is 0.320 e. The number of carbonyl (C=O) groups excluding carboxylic acids is 1. The van der Waals surface area contributed by atoms with Crippen molar-refractivity contribution < 1.29 is 4.79 Å². The lowest BCUT2D eigenvalue weighted by molar-refractivity contribution is 0.202. The summed E-state index contributed by atoms with van der Waals surface area (Å²) in [6, 6.07) is 0.0711. The number of likely N-dealkylation sites (N-methyl/N-ethyl adjacent to an activating group) is 1. The molecule has 0 aromatic carbocycles. The normalized spacial score (nSPS) is 18.6. The summed E-state index contributed by atoms with van der Waals surface area (Å²) in [5.74, 6) is 6.08. The molecule has 0 bridgehead atoms. The predicted molar refractivity (Wildman–Crippen MR) is 66.6 cm³/mol. The maximum absolute atomic E-state index is 11.5. The Hall–Kier alpha value is -1.96. The number of hydrogen-bond donors (Lipinski definition) is 0. The van der Waals surface area contributed by atoms with Crippen molar-refractivity contribution in [3.63, 3.8) is 0 Å². The zero-order valence-electron chi connectivity index (χ0n) is 9.96. The van der Waals surface area contributed by atoms with Crippen LogP contribution in [0.3, 0.4) is 0 Å². The van der Waals surface area contributed by atoms with E-state index in [4.69, 9.17) is 0 Å². The summed E-state index contributed by atoms with van der Waals surface area (Å²) < 4.78 is 0. The maximum atomic E-state index is 11.5. The quantitative estimate of drug-likeness (QED) is 0.639. The molecule has 5 heteroatoms. The molecule has 5 nitrogen and oxygen atoms in total. The van der Waals surface area contributed by atoms with Crippen molar-refractivity contribution in [2.24, 2.45) is 4.99 Å². The average molecular weight is 232 g/mol. The van der Waals surface area contributed by atoms with Crippen molar-refractivity contribution in [2.45, 2.75) is 0 Å². The van der Waals surface area contributed by atoms with Gasteiger partial charge in [-0.25, -0.2) is 9.79 Å². The van der Waals surface area contributed by atoms with Crippen LogP contribution in [-0.2, 0) is 0 Å². The monoisotopic (exact) mass is 232 g/mol. The van der Waals surface area contributed by atoms with Gasteiger partial charge in [0.15, 0.2) is 0 Å². The molecule has 0 aromatic heterocycles. The Morgan fingerprint density at radius 1 is 1.35 bits per heavy atom. The third-order valence-electron chi connectivity index (χ3n) is 2.74. The number of amides is 2. The zero-order valence-corrected chi connectivity index (χ0v) is 9.96. The van der Waals surface area contributed by atoms with Gasteiger partial charge in [-0.15, -0.1) is 0 Å². The third kappa shape index (κ3) is 3.00. The Bertz CT molecular complexity index is 404. The van der Waals surface area contributed by atoms with Crippen LogP contribution in [0.25, 0.3) is 0 Å². The fourth-order valence-electron chi connectivity index (χ4n) is 1.69. The second-order valence-corrected chi connectivity index (χ2v) is 4.06. The van der Waals surface area contributed by atoms with Gasteiger partial charge in [0, 0.05) is 32.9 Å². The minimum Gasteiger partial charge on any atom is -0.348 e. The number of aliphatic imine (C=N–C) groups is 1. The molecule has 1 fully saturated rings. The van der Waals surface area contributed by atoms with Crippen LogP contribution in [0.1, 0.15) is 0 Å². The molecule has 0 N–H and O–H groups in total. The summed E-state index contributed by atoms with van der Waals surface area (Å²) in [6.45, 7) is 3.60. The average Bonchev–Trinajstić information content (AvgIpc) is 2.67. The van der Waals surface area contributed by atoms with E-state index in [-0.39, 0.29) is 6.03 Å². The molecule has 2 aliphatic rings. The van der Waals surface area contributed by atoms with Crippen LogP contribution in [-0.4, -0.2) is 66.8 Å². The third-order valence-corrected chi connectivity index (χ3v) is 2.74. The summed E-state index contributed by atoms with van der Waals surface area (Å²) in [7, 11) is 1.81. The van der Waals surface area contributed by atoms with E-state index in [9.17, 15) is 4.79 Å². The molecule has 2 rings (SSSR count). The number of carbonyl (C=O) groups is 1. The van der Waals surface area contributed by atoms with Gasteiger partial charge in [0.1, 0.15) is 0 Å². The van der Waals surface area contributed by atoms with Gasteiger partial charge in [0.25, 0.3) is 0 Å². The fraction of sp³-hybridized carbons (Fsp3) is 0.500. The number of hydrogen-bond acceptors (Lipinski definition) is 3. The molecule has 0 radical (unpaired) electrons. The van der Waals surface area contributed by atoms with Gasteiger partial charge < -0.3 is 14.7 Å². The Morgan fingerprint density at radius 3 is 2.82 bits per heavy atom. The topological polar surface area (TPSA) is 39.1 Å². The van der Waals surface area contributed by atoms with Gasteiger partial charge in [0.2, 0.25) is 0 Å². The second-order valence-electron chi connectivity index (χ2n) is 4.06. The molecule has 0 aromatic rings. The summed E-state index contributed by atoms with van der Waals surface area (Å²) >= 11 is 0. The van der Waals surface area contributed by atoms with Crippen LogP contribution in [0, 0.1) is 11.8 Å². The minimum atomic E-state index is 0.0711. The number of urea groups is 1. The van der Waals surface area contributed by atoms with Crippen molar-refractivity contribution in [3.05, 3.63) is 12.3 Å². The second kappa shape index (κ2) is 5.39. The highest BCUT2D eigenvalue weighted by Gasteiger charge is 2.23. The molecule has 90 valence electrons. The van der Waals surface area contributed by atoms with Crippen molar-refractivity contribution in [3.8, 4) is 11.8 Å². The SMILES string of the molecule is CN1CCN(CC#CCN2C=NC=CC2)C1=O. The molecule has 0 atom stereocenters. The van der Waals surface area contributed by atoms with E-state index in [1.165, 1.54) is 0 Å². The van der Waals surface area contributed by atoms with E-state index in [0.717, 1.165) is 19.6 Å². The summed E-state index contributed by atoms with van der Waals surface area (Å²) in [6.07, 6.45) is 5.55. The van der Waals surface area contributed by atoms with Gasteiger partial charge in [-0.3, -0.25) is 0 Å². The van der Waals surface area contributed by atoms with Gasteiger partial charge in [-0.2, -0.15) is 0 Å². The van der Waals surface area contributed by atoms with E-state index >= 15 is 0 Å². The summed E-state index contributed by atoms with van der Waals surface area (Å²) in [5.41, 5.74) is 0. The van der Waals surface area contributed by atoms with E-state index in [1.807, 2.05) is 18.0 Å². The highest BCUT2D eigenvalue weighted by atomic mass is 16.2. The lowest BCUT2D eigenvalue weighted by Gasteiger charge is -2.15. The highest BCUT2D eigenvalue weighted by Crippen LogP contribution is 2.04. The molecule has 0 spiro atoms. The standard InChI is InChI=1S/C12H16N4O/c1-14-9-10-16(12(14)17)8-3-2-6-15-7-4-5-13-11-15/h4-5,11H,6-10H2,1H3. The van der Waals surface area contributed by atoms with E-state index in [2.05, 4.69) is 16.8 Å². The van der Waals surface area contributed by atoms with Crippen LogP contribution < -0.4 is 0 Å². The van der Waals surface area contributed by atoms with Gasteiger partial charge in [-0.1, -0.05) is 11.8 Å². The molecule has 2 amide bonds. The van der Waals surface area contributed by atoms with Crippen molar-refractivity contribution in [2.75, 3.05) is 39.8 Å². The predicted octanol–water partition coefficient (Wildman–Crippen LogP) is 0.215. The van der Waals surface area contributed by atoms with Gasteiger partial charge >= 0.3 is 6.03 Å². The lowest BCUT2D eigenvalue weighted by Crippen LogP contribution is -2.29. The van der Waals surface area contributed by atoms with E-state index in [0.29, 0.717) is 13.1 Å². The lowest BCUT2D eigenvalue weighted by atomic mass is 10.4. The first kappa shape index (κ1) is 11.5. The first-order valence-electron chi connectivity index (χ1n) is 5.65. The van der Waals surface area contributed by atoms with Crippen molar-refractivity contribution in [1.82, 2.24) is 14.7 Å². The molecular formula is C12H16N4O. The first-order chi connectivity index (χ1) is 8.27. The summed E-state index contributed by atoms with van der Waals surface area (Å²) in [4.78, 5) is 21.1. The van der Waals surface area contributed by atoms with Crippen LogP contribution in [0.4, 0.5) is 4.79 Å². The molecule has 2 heterocycles. The molecular weight excluding hydrogens is 216 g/mol. The first-order valence-corrected chi connectivity index (χ1v) is 5.65. The van der Waals surface area contributed by atoms with Crippen molar-refractivity contribution in [1.29, 1.82) is 0 Å². The zero-order chi connectivity index (χ0) is 12.1. The smallest absolute Gasteiger partial charge is 0.320 e. The Balaban J connectivity index is 1.73. The molecule has 0 unspecified atom stereocenters. The van der Waals surface area contributed by atoms with Gasteiger partial charge in [0.05, 0.1) is 19.4 Å². The Morgan fingerprint density at radius 2 is 2.18 bits per heavy atom.